The van der Waals surface area contributed by atoms with Gasteiger partial charge in [-0.3, -0.25) is 4.90 Å². The van der Waals surface area contributed by atoms with Crippen LogP contribution in [0.1, 0.15) is 55.6 Å². The molecule has 188 valence electrons. The van der Waals surface area contributed by atoms with Gasteiger partial charge < -0.3 is 9.80 Å². The highest BCUT2D eigenvalue weighted by atomic mass is 15.4. The van der Waals surface area contributed by atoms with Crippen LogP contribution in [0.4, 0.5) is 5.82 Å². The van der Waals surface area contributed by atoms with Gasteiger partial charge in [0.1, 0.15) is 5.82 Å². The molecule has 0 bridgehead atoms. The average Bonchev–Trinajstić information content (AvgIpc) is 3.24. The van der Waals surface area contributed by atoms with E-state index in [0.29, 0.717) is 6.04 Å². The lowest BCUT2D eigenvalue weighted by atomic mass is 10.0. The fourth-order valence-corrected chi connectivity index (χ4v) is 5.09. The number of anilines is 1. The molecule has 0 atom stereocenters. The second-order valence-corrected chi connectivity index (χ2v) is 10.2. The smallest absolute Gasteiger partial charge is 0.137 e. The number of rotatable bonds is 9. The summed E-state index contributed by atoms with van der Waals surface area (Å²) in [7, 11) is 0. The molecule has 0 unspecified atom stereocenters. The van der Waals surface area contributed by atoms with E-state index in [-0.39, 0.29) is 0 Å². The summed E-state index contributed by atoms with van der Waals surface area (Å²) in [5.41, 5.74) is 7.87. The van der Waals surface area contributed by atoms with Crippen molar-refractivity contribution in [3.05, 3.63) is 76.5 Å². The number of benzene rings is 2. The molecule has 1 aliphatic heterocycles. The van der Waals surface area contributed by atoms with Crippen molar-refractivity contribution >= 4 is 5.82 Å². The number of aromatic nitrogens is 2. The van der Waals surface area contributed by atoms with Gasteiger partial charge >= 0.3 is 0 Å². The van der Waals surface area contributed by atoms with E-state index < -0.39 is 0 Å². The largest absolute Gasteiger partial charge is 0.354 e. The Hall–Kier alpha value is -2.63. The molecule has 5 nitrogen and oxygen atoms in total. The minimum absolute atomic E-state index is 0.435. The SMILES string of the molecule is CCc1nn(-c2ccccc2)c(N2CCN(CC)CC2)c1CN(Cc1cc(C)ccc1C)C(C)C. The van der Waals surface area contributed by atoms with Crippen molar-refractivity contribution in [2.24, 2.45) is 0 Å². The topological polar surface area (TPSA) is 27.5 Å². The summed E-state index contributed by atoms with van der Waals surface area (Å²) in [6.45, 7) is 20.8. The second kappa shape index (κ2) is 11.4. The van der Waals surface area contributed by atoms with Gasteiger partial charge in [0.2, 0.25) is 0 Å². The highest BCUT2D eigenvalue weighted by molar-refractivity contribution is 5.56. The van der Waals surface area contributed by atoms with Crippen LogP contribution >= 0.6 is 0 Å². The van der Waals surface area contributed by atoms with E-state index in [0.717, 1.165) is 57.9 Å². The first kappa shape index (κ1) is 25.5. The summed E-state index contributed by atoms with van der Waals surface area (Å²) in [6, 6.07) is 17.9. The van der Waals surface area contributed by atoms with Crippen molar-refractivity contribution in [3.63, 3.8) is 0 Å². The number of hydrogen-bond donors (Lipinski definition) is 0. The molecule has 2 aromatic carbocycles. The lowest BCUT2D eigenvalue weighted by Gasteiger charge is -2.37. The van der Waals surface area contributed by atoms with E-state index >= 15 is 0 Å². The molecule has 0 saturated carbocycles. The van der Waals surface area contributed by atoms with Crippen LogP contribution < -0.4 is 4.90 Å². The Morgan fingerprint density at radius 1 is 0.914 bits per heavy atom. The van der Waals surface area contributed by atoms with Gasteiger partial charge in [0.15, 0.2) is 0 Å². The number of likely N-dealkylation sites (N-methyl/N-ethyl adjacent to an activating group) is 1. The van der Waals surface area contributed by atoms with Gasteiger partial charge in [0, 0.05) is 50.9 Å². The lowest BCUT2D eigenvalue weighted by molar-refractivity contribution is 0.202. The summed E-state index contributed by atoms with van der Waals surface area (Å²) in [5, 5.41) is 5.20. The fourth-order valence-electron chi connectivity index (χ4n) is 5.09. The van der Waals surface area contributed by atoms with Crippen molar-refractivity contribution in [3.8, 4) is 5.69 Å². The van der Waals surface area contributed by atoms with Crippen LogP contribution in [0.2, 0.25) is 0 Å². The lowest BCUT2D eigenvalue weighted by Crippen LogP contribution is -2.47. The Balaban J connectivity index is 1.74. The molecule has 4 rings (SSSR count). The van der Waals surface area contributed by atoms with Crippen molar-refractivity contribution in [2.75, 3.05) is 37.6 Å². The van der Waals surface area contributed by atoms with Gasteiger partial charge in [-0.2, -0.15) is 5.10 Å². The maximum atomic E-state index is 5.20. The van der Waals surface area contributed by atoms with Crippen LogP contribution in [0.5, 0.6) is 0 Å². The predicted octanol–water partition coefficient (Wildman–Crippen LogP) is 5.60. The Morgan fingerprint density at radius 3 is 2.26 bits per heavy atom. The van der Waals surface area contributed by atoms with E-state index in [2.05, 4.69) is 109 Å². The zero-order valence-electron chi connectivity index (χ0n) is 22.6. The Kier molecular flexibility index (Phi) is 8.30. The zero-order valence-corrected chi connectivity index (χ0v) is 22.6. The molecule has 1 aromatic heterocycles. The second-order valence-electron chi connectivity index (χ2n) is 10.2. The fraction of sp³-hybridized carbons (Fsp3) is 0.500. The Labute approximate surface area is 212 Å². The molecule has 3 aromatic rings. The molecule has 0 N–H and O–H groups in total. The summed E-state index contributed by atoms with van der Waals surface area (Å²) in [6.07, 6.45) is 0.937. The van der Waals surface area contributed by atoms with E-state index in [4.69, 9.17) is 5.10 Å². The normalized spacial score (nSPS) is 14.9. The monoisotopic (exact) mass is 473 g/mol. The molecule has 2 heterocycles. The number of nitrogens with zero attached hydrogens (tertiary/aromatic N) is 5. The molecule has 1 aliphatic rings. The average molecular weight is 474 g/mol. The van der Waals surface area contributed by atoms with Gasteiger partial charge in [0.05, 0.1) is 11.4 Å². The molecule has 0 aliphatic carbocycles. The van der Waals surface area contributed by atoms with Crippen LogP contribution in [0.3, 0.4) is 0 Å². The van der Waals surface area contributed by atoms with Crippen LogP contribution in [-0.4, -0.2) is 58.3 Å². The predicted molar refractivity (Wildman–Crippen MR) is 148 cm³/mol. The third-order valence-corrected chi connectivity index (χ3v) is 7.46. The molecule has 1 fully saturated rings. The first-order chi connectivity index (χ1) is 16.9. The Bertz CT molecular complexity index is 1090. The van der Waals surface area contributed by atoms with Crippen LogP contribution in [0.15, 0.2) is 48.5 Å². The van der Waals surface area contributed by atoms with Gasteiger partial charge in [0.25, 0.3) is 0 Å². The van der Waals surface area contributed by atoms with E-state index in [1.54, 1.807) is 0 Å². The van der Waals surface area contributed by atoms with E-state index in [1.807, 2.05) is 0 Å². The van der Waals surface area contributed by atoms with Gasteiger partial charge in [-0.1, -0.05) is 55.8 Å². The number of aryl methyl sites for hydroxylation is 3. The van der Waals surface area contributed by atoms with Gasteiger partial charge in [-0.15, -0.1) is 0 Å². The first-order valence-corrected chi connectivity index (χ1v) is 13.3. The number of piperazine rings is 1. The third-order valence-electron chi connectivity index (χ3n) is 7.46. The molecule has 0 spiro atoms. The maximum absolute atomic E-state index is 5.20. The minimum Gasteiger partial charge on any atom is -0.354 e. The van der Waals surface area contributed by atoms with E-state index in [9.17, 15) is 0 Å². The van der Waals surface area contributed by atoms with Crippen LogP contribution in [-0.2, 0) is 19.5 Å². The quantitative estimate of drug-likeness (QED) is 0.404. The van der Waals surface area contributed by atoms with Gasteiger partial charge in [-0.05, 0) is 63.9 Å². The molecule has 5 heteroatoms. The highest BCUT2D eigenvalue weighted by Crippen LogP contribution is 2.31. The van der Waals surface area contributed by atoms with Crippen molar-refractivity contribution in [1.29, 1.82) is 0 Å². The van der Waals surface area contributed by atoms with E-state index in [1.165, 1.54) is 33.8 Å². The molecular formula is C30H43N5. The number of hydrogen-bond acceptors (Lipinski definition) is 4. The molecule has 35 heavy (non-hydrogen) atoms. The highest BCUT2D eigenvalue weighted by Gasteiger charge is 2.27. The molecule has 1 saturated heterocycles. The first-order valence-electron chi connectivity index (χ1n) is 13.3. The minimum atomic E-state index is 0.435. The standard InChI is InChI=1S/C30H43N5/c1-7-29-28(22-34(23(3)4)21-26-20-24(5)14-15-25(26)6)30(33-18-16-32(8-2)17-19-33)35(31-29)27-12-10-9-11-13-27/h9-15,20,23H,7-8,16-19,21-22H2,1-6H3. The third kappa shape index (κ3) is 5.79. The summed E-state index contributed by atoms with van der Waals surface area (Å²) >= 11 is 0. The molecular weight excluding hydrogens is 430 g/mol. The molecule has 0 radical (unpaired) electrons. The number of para-hydroxylation sites is 1. The van der Waals surface area contributed by atoms with Crippen LogP contribution in [0.25, 0.3) is 5.69 Å². The van der Waals surface area contributed by atoms with Gasteiger partial charge in [-0.25, -0.2) is 4.68 Å². The summed E-state index contributed by atoms with van der Waals surface area (Å²) in [5.74, 6) is 1.29. The van der Waals surface area contributed by atoms with Crippen molar-refractivity contribution in [1.82, 2.24) is 19.6 Å². The summed E-state index contributed by atoms with van der Waals surface area (Å²) < 4.78 is 2.21. The van der Waals surface area contributed by atoms with Crippen molar-refractivity contribution in [2.45, 2.75) is 67.1 Å². The van der Waals surface area contributed by atoms with Crippen molar-refractivity contribution < 1.29 is 0 Å². The van der Waals surface area contributed by atoms with Crippen LogP contribution in [0, 0.1) is 13.8 Å². The summed E-state index contributed by atoms with van der Waals surface area (Å²) in [4.78, 5) is 7.73. The molecule has 0 amide bonds. The maximum Gasteiger partial charge on any atom is 0.137 e. The zero-order chi connectivity index (χ0) is 24.9. The Morgan fingerprint density at radius 2 is 1.63 bits per heavy atom.